The van der Waals surface area contributed by atoms with Crippen LogP contribution in [0.15, 0.2) is 36.4 Å². The second-order valence-electron chi connectivity index (χ2n) is 5.23. The van der Waals surface area contributed by atoms with Gasteiger partial charge in [-0.05, 0) is 79.6 Å². The van der Waals surface area contributed by atoms with Crippen molar-refractivity contribution in [3.05, 3.63) is 58.7 Å². The van der Waals surface area contributed by atoms with Crippen molar-refractivity contribution in [1.82, 2.24) is 0 Å². The van der Waals surface area contributed by atoms with Crippen LogP contribution in [0.3, 0.4) is 0 Å². The van der Waals surface area contributed by atoms with Crippen LogP contribution >= 0.6 is 0 Å². The zero-order valence-electron chi connectivity index (χ0n) is 11.7. The SMILES string of the molecule is Cc1ccc(N)cc1CCCc1cc(N)ccc1C. The Balaban J connectivity index is 2.00. The van der Waals surface area contributed by atoms with Crippen LogP contribution < -0.4 is 11.5 Å². The Labute approximate surface area is 115 Å². The van der Waals surface area contributed by atoms with Crippen molar-refractivity contribution in [2.24, 2.45) is 0 Å². The summed E-state index contributed by atoms with van der Waals surface area (Å²) in [5.41, 5.74) is 18.7. The van der Waals surface area contributed by atoms with Crippen LogP contribution in [0.4, 0.5) is 11.4 Å². The molecule has 0 saturated carbocycles. The van der Waals surface area contributed by atoms with E-state index in [0.717, 1.165) is 30.6 Å². The van der Waals surface area contributed by atoms with Gasteiger partial charge >= 0.3 is 0 Å². The lowest BCUT2D eigenvalue weighted by Gasteiger charge is -2.09. The minimum atomic E-state index is 0.848. The van der Waals surface area contributed by atoms with Crippen LogP contribution in [0.25, 0.3) is 0 Å². The third-order valence-electron chi connectivity index (χ3n) is 3.64. The molecule has 100 valence electrons. The maximum atomic E-state index is 5.84. The summed E-state index contributed by atoms with van der Waals surface area (Å²) in [6.45, 7) is 4.28. The largest absolute Gasteiger partial charge is 0.399 e. The summed E-state index contributed by atoms with van der Waals surface area (Å²) in [7, 11) is 0. The molecule has 0 aliphatic rings. The monoisotopic (exact) mass is 254 g/mol. The molecule has 2 aromatic carbocycles. The quantitative estimate of drug-likeness (QED) is 0.818. The average Bonchev–Trinajstić information content (AvgIpc) is 2.38. The van der Waals surface area contributed by atoms with E-state index in [9.17, 15) is 0 Å². The second-order valence-corrected chi connectivity index (χ2v) is 5.23. The average molecular weight is 254 g/mol. The Morgan fingerprint density at radius 2 is 1.16 bits per heavy atom. The molecule has 0 spiro atoms. The highest BCUT2D eigenvalue weighted by Gasteiger charge is 2.02. The zero-order chi connectivity index (χ0) is 13.8. The van der Waals surface area contributed by atoms with E-state index in [1.54, 1.807) is 0 Å². The summed E-state index contributed by atoms with van der Waals surface area (Å²) in [5.74, 6) is 0. The first-order chi connectivity index (χ1) is 9.06. The lowest BCUT2D eigenvalue weighted by atomic mass is 9.98. The number of hydrogen-bond acceptors (Lipinski definition) is 2. The summed E-state index contributed by atoms with van der Waals surface area (Å²) < 4.78 is 0. The van der Waals surface area contributed by atoms with Gasteiger partial charge in [-0.3, -0.25) is 0 Å². The van der Waals surface area contributed by atoms with E-state index in [2.05, 4.69) is 38.1 Å². The van der Waals surface area contributed by atoms with Crippen LogP contribution in [-0.4, -0.2) is 0 Å². The van der Waals surface area contributed by atoms with Gasteiger partial charge in [0.2, 0.25) is 0 Å². The standard InChI is InChI=1S/C17H22N2/c1-12-6-8-16(18)10-14(12)4-3-5-15-11-17(19)9-7-13(15)2/h6-11H,3-5,18-19H2,1-2H3. The van der Waals surface area contributed by atoms with Crippen LogP contribution in [-0.2, 0) is 12.8 Å². The Morgan fingerprint density at radius 1 is 0.737 bits per heavy atom. The lowest BCUT2D eigenvalue weighted by Crippen LogP contribution is -1.97. The summed E-state index contributed by atoms with van der Waals surface area (Å²) in [6.07, 6.45) is 3.24. The predicted octanol–water partition coefficient (Wildman–Crippen LogP) is 3.64. The molecule has 0 aliphatic carbocycles. The van der Waals surface area contributed by atoms with Gasteiger partial charge in [0.15, 0.2) is 0 Å². The maximum absolute atomic E-state index is 5.84. The molecule has 0 fully saturated rings. The van der Waals surface area contributed by atoms with E-state index in [1.165, 1.54) is 22.3 Å². The number of aryl methyl sites for hydroxylation is 4. The molecule has 2 nitrogen and oxygen atoms in total. The molecule has 0 atom stereocenters. The van der Waals surface area contributed by atoms with E-state index >= 15 is 0 Å². The molecule has 0 saturated heterocycles. The number of nitrogen functional groups attached to an aromatic ring is 2. The van der Waals surface area contributed by atoms with Crippen LogP contribution in [0.5, 0.6) is 0 Å². The van der Waals surface area contributed by atoms with Crippen molar-refractivity contribution >= 4 is 11.4 Å². The molecule has 0 aromatic heterocycles. The lowest BCUT2D eigenvalue weighted by molar-refractivity contribution is 0.812. The normalized spacial score (nSPS) is 10.6. The maximum Gasteiger partial charge on any atom is 0.0316 e. The molecule has 0 heterocycles. The summed E-state index contributed by atoms with van der Waals surface area (Å²) >= 11 is 0. The van der Waals surface area contributed by atoms with Crippen molar-refractivity contribution in [2.45, 2.75) is 33.1 Å². The van der Waals surface area contributed by atoms with E-state index in [-0.39, 0.29) is 0 Å². The summed E-state index contributed by atoms with van der Waals surface area (Å²) in [6, 6.07) is 12.3. The third-order valence-corrected chi connectivity index (χ3v) is 3.64. The fourth-order valence-corrected chi connectivity index (χ4v) is 2.39. The van der Waals surface area contributed by atoms with Crippen molar-refractivity contribution < 1.29 is 0 Å². The highest BCUT2D eigenvalue weighted by Crippen LogP contribution is 2.18. The fraction of sp³-hybridized carbons (Fsp3) is 0.294. The number of rotatable bonds is 4. The molecule has 2 aromatic rings. The van der Waals surface area contributed by atoms with Crippen molar-refractivity contribution in [3.8, 4) is 0 Å². The molecule has 4 N–H and O–H groups in total. The number of anilines is 2. The molecule has 2 rings (SSSR count). The molecular formula is C17H22N2. The molecule has 0 unspecified atom stereocenters. The van der Waals surface area contributed by atoms with Gasteiger partial charge in [0.1, 0.15) is 0 Å². The van der Waals surface area contributed by atoms with Crippen molar-refractivity contribution in [1.29, 1.82) is 0 Å². The third kappa shape index (κ3) is 3.50. The van der Waals surface area contributed by atoms with E-state index in [1.807, 2.05) is 12.1 Å². The molecule has 0 amide bonds. The van der Waals surface area contributed by atoms with Crippen LogP contribution in [0, 0.1) is 13.8 Å². The van der Waals surface area contributed by atoms with Crippen LogP contribution in [0.1, 0.15) is 28.7 Å². The number of nitrogens with two attached hydrogens (primary N) is 2. The van der Waals surface area contributed by atoms with Gasteiger partial charge in [-0.25, -0.2) is 0 Å². The fourth-order valence-electron chi connectivity index (χ4n) is 2.39. The Bertz CT molecular complexity index is 522. The Hall–Kier alpha value is -1.96. The molecular weight excluding hydrogens is 232 g/mol. The zero-order valence-corrected chi connectivity index (χ0v) is 11.7. The first-order valence-electron chi connectivity index (χ1n) is 6.76. The summed E-state index contributed by atoms with van der Waals surface area (Å²) in [5, 5.41) is 0. The first-order valence-corrected chi connectivity index (χ1v) is 6.76. The van der Waals surface area contributed by atoms with Gasteiger partial charge in [-0.2, -0.15) is 0 Å². The molecule has 2 heteroatoms. The smallest absolute Gasteiger partial charge is 0.0316 e. The minimum Gasteiger partial charge on any atom is -0.399 e. The van der Waals surface area contributed by atoms with E-state index in [4.69, 9.17) is 11.5 Å². The molecule has 0 aliphatic heterocycles. The number of hydrogen-bond donors (Lipinski definition) is 2. The van der Waals surface area contributed by atoms with E-state index < -0.39 is 0 Å². The highest BCUT2D eigenvalue weighted by molar-refractivity contribution is 5.45. The van der Waals surface area contributed by atoms with E-state index in [0.29, 0.717) is 0 Å². The first kappa shape index (κ1) is 13.5. The predicted molar refractivity (Wildman–Crippen MR) is 83.2 cm³/mol. The molecule has 19 heavy (non-hydrogen) atoms. The summed E-state index contributed by atoms with van der Waals surface area (Å²) in [4.78, 5) is 0. The van der Waals surface area contributed by atoms with Crippen molar-refractivity contribution in [3.63, 3.8) is 0 Å². The van der Waals surface area contributed by atoms with Gasteiger partial charge in [-0.15, -0.1) is 0 Å². The second kappa shape index (κ2) is 5.79. The number of benzene rings is 2. The Kier molecular flexibility index (Phi) is 4.10. The minimum absolute atomic E-state index is 0.848. The van der Waals surface area contributed by atoms with Gasteiger partial charge in [0.05, 0.1) is 0 Å². The van der Waals surface area contributed by atoms with Gasteiger partial charge in [-0.1, -0.05) is 12.1 Å². The van der Waals surface area contributed by atoms with Gasteiger partial charge in [0.25, 0.3) is 0 Å². The van der Waals surface area contributed by atoms with Crippen LogP contribution in [0.2, 0.25) is 0 Å². The Morgan fingerprint density at radius 3 is 1.58 bits per heavy atom. The van der Waals surface area contributed by atoms with Crippen molar-refractivity contribution in [2.75, 3.05) is 11.5 Å². The van der Waals surface area contributed by atoms with Gasteiger partial charge in [0, 0.05) is 11.4 Å². The molecule has 0 radical (unpaired) electrons. The molecule has 0 bridgehead atoms. The highest BCUT2D eigenvalue weighted by atomic mass is 14.5. The topological polar surface area (TPSA) is 52.0 Å². The van der Waals surface area contributed by atoms with Gasteiger partial charge < -0.3 is 11.5 Å².